The summed E-state index contributed by atoms with van der Waals surface area (Å²) in [7, 11) is 1.77. The highest BCUT2D eigenvalue weighted by molar-refractivity contribution is 4.91. The zero-order valence-electron chi connectivity index (χ0n) is 11.2. The number of hydrogen-bond donors (Lipinski definition) is 1. The molecule has 0 aromatic heterocycles. The molecule has 100 valence electrons. The quantitative estimate of drug-likeness (QED) is 0.750. The van der Waals surface area contributed by atoms with Crippen molar-refractivity contribution in [1.82, 2.24) is 5.32 Å². The fourth-order valence-electron chi connectivity index (χ4n) is 3.27. The summed E-state index contributed by atoms with van der Waals surface area (Å²) in [4.78, 5) is 0. The van der Waals surface area contributed by atoms with Gasteiger partial charge in [-0.15, -0.1) is 0 Å². The van der Waals surface area contributed by atoms with Gasteiger partial charge in [-0.2, -0.15) is 0 Å². The fraction of sp³-hybridized carbons (Fsp3) is 1.00. The van der Waals surface area contributed by atoms with Gasteiger partial charge in [0.15, 0.2) is 0 Å². The molecule has 1 saturated carbocycles. The van der Waals surface area contributed by atoms with Crippen molar-refractivity contribution in [1.29, 1.82) is 0 Å². The summed E-state index contributed by atoms with van der Waals surface area (Å²) < 4.78 is 11.2. The van der Waals surface area contributed by atoms with Gasteiger partial charge < -0.3 is 14.8 Å². The maximum atomic E-state index is 6.10. The minimum Gasteiger partial charge on any atom is -0.385 e. The molecule has 3 heteroatoms. The smallest absolute Gasteiger partial charge is 0.0697 e. The minimum absolute atomic E-state index is 0.232. The first-order valence-electron chi connectivity index (χ1n) is 7.21. The van der Waals surface area contributed by atoms with Crippen LogP contribution in [0.5, 0.6) is 0 Å². The van der Waals surface area contributed by atoms with Gasteiger partial charge in [0.1, 0.15) is 0 Å². The van der Waals surface area contributed by atoms with Crippen LogP contribution in [0.25, 0.3) is 0 Å². The predicted octanol–water partition coefficient (Wildman–Crippen LogP) is 2.49. The topological polar surface area (TPSA) is 30.5 Å². The lowest BCUT2D eigenvalue weighted by Crippen LogP contribution is -2.48. The highest BCUT2D eigenvalue weighted by Crippen LogP contribution is 2.38. The van der Waals surface area contributed by atoms with Crippen molar-refractivity contribution in [2.45, 2.75) is 63.0 Å². The molecule has 17 heavy (non-hydrogen) atoms. The molecule has 2 rings (SSSR count). The summed E-state index contributed by atoms with van der Waals surface area (Å²) in [6, 6.07) is 0.665. The van der Waals surface area contributed by atoms with Crippen LogP contribution in [0, 0.1) is 0 Å². The van der Waals surface area contributed by atoms with Crippen molar-refractivity contribution in [3.05, 3.63) is 0 Å². The summed E-state index contributed by atoms with van der Waals surface area (Å²) in [6.45, 7) is 2.89. The number of methoxy groups -OCH3 is 1. The van der Waals surface area contributed by atoms with Gasteiger partial charge in [-0.05, 0) is 38.6 Å². The summed E-state index contributed by atoms with van der Waals surface area (Å²) in [5.74, 6) is 0. The van der Waals surface area contributed by atoms with Crippen LogP contribution >= 0.6 is 0 Å². The van der Waals surface area contributed by atoms with E-state index in [1.807, 2.05) is 0 Å². The molecule has 0 bridgehead atoms. The second-order valence-electron chi connectivity index (χ2n) is 5.58. The third-order valence-corrected chi connectivity index (χ3v) is 4.22. The van der Waals surface area contributed by atoms with E-state index in [0.29, 0.717) is 6.04 Å². The van der Waals surface area contributed by atoms with Crippen molar-refractivity contribution in [2.75, 3.05) is 26.9 Å². The van der Waals surface area contributed by atoms with E-state index in [1.165, 1.54) is 44.9 Å². The Kier molecular flexibility index (Phi) is 5.26. The molecule has 1 atom stereocenters. The highest BCUT2D eigenvalue weighted by atomic mass is 16.5. The van der Waals surface area contributed by atoms with Crippen LogP contribution in [0.15, 0.2) is 0 Å². The maximum absolute atomic E-state index is 6.10. The standard InChI is InChI=1S/C14H27NO2/c1-16-10-5-9-15-13-6-11-17-14(12-13)7-3-2-4-8-14/h13,15H,2-12H2,1H3. The summed E-state index contributed by atoms with van der Waals surface area (Å²) in [5, 5.41) is 3.67. The average Bonchev–Trinajstić information content (AvgIpc) is 2.36. The first kappa shape index (κ1) is 13.3. The third-order valence-electron chi connectivity index (χ3n) is 4.22. The van der Waals surface area contributed by atoms with E-state index in [1.54, 1.807) is 7.11 Å². The van der Waals surface area contributed by atoms with Crippen LogP contribution in [-0.4, -0.2) is 38.5 Å². The first-order chi connectivity index (χ1) is 8.35. The summed E-state index contributed by atoms with van der Waals surface area (Å²) in [6.07, 6.45) is 10.2. The molecule has 1 saturated heterocycles. The Balaban J connectivity index is 1.72. The summed E-state index contributed by atoms with van der Waals surface area (Å²) in [5.41, 5.74) is 0.232. The molecule has 0 amide bonds. The molecular weight excluding hydrogens is 214 g/mol. The van der Waals surface area contributed by atoms with E-state index < -0.39 is 0 Å². The van der Waals surface area contributed by atoms with Gasteiger partial charge in [-0.1, -0.05) is 19.3 Å². The van der Waals surface area contributed by atoms with Crippen LogP contribution in [0.2, 0.25) is 0 Å². The second kappa shape index (κ2) is 6.72. The van der Waals surface area contributed by atoms with Crippen molar-refractivity contribution < 1.29 is 9.47 Å². The molecule has 1 aliphatic carbocycles. The van der Waals surface area contributed by atoms with E-state index in [9.17, 15) is 0 Å². The number of rotatable bonds is 5. The molecule has 1 spiro atoms. The van der Waals surface area contributed by atoms with Gasteiger partial charge in [0.2, 0.25) is 0 Å². The van der Waals surface area contributed by atoms with E-state index in [0.717, 1.165) is 26.2 Å². The van der Waals surface area contributed by atoms with Crippen molar-refractivity contribution >= 4 is 0 Å². The van der Waals surface area contributed by atoms with Crippen molar-refractivity contribution in [3.63, 3.8) is 0 Å². The van der Waals surface area contributed by atoms with Gasteiger partial charge in [-0.3, -0.25) is 0 Å². The van der Waals surface area contributed by atoms with Crippen LogP contribution in [0.3, 0.4) is 0 Å². The molecule has 1 N–H and O–H groups in total. The lowest BCUT2D eigenvalue weighted by molar-refractivity contribution is -0.109. The normalized spacial score (nSPS) is 28.4. The number of ether oxygens (including phenoxy) is 2. The lowest BCUT2D eigenvalue weighted by atomic mass is 9.78. The summed E-state index contributed by atoms with van der Waals surface area (Å²) >= 11 is 0. The van der Waals surface area contributed by atoms with Crippen LogP contribution in [-0.2, 0) is 9.47 Å². The zero-order valence-corrected chi connectivity index (χ0v) is 11.2. The Morgan fingerprint density at radius 1 is 1.29 bits per heavy atom. The molecular formula is C14H27NO2. The molecule has 0 aromatic rings. The Morgan fingerprint density at radius 2 is 2.12 bits per heavy atom. The van der Waals surface area contributed by atoms with E-state index in [4.69, 9.17) is 9.47 Å². The van der Waals surface area contributed by atoms with Gasteiger partial charge >= 0.3 is 0 Å². The number of hydrogen-bond acceptors (Lipinski definition) is 3. The zero-order chi connectivity index (χ0) is 12.0. The average molecular weight is 241 g/mol. The molecule has 1 unspecified atom stereocenters. The monoisotopic (exact) mass is 241 g/mol. The maximum Gasteiger partial charge on any atom is 0.0697 e. The fourth-order valence-corrected chi connectivity index (χ4v) is 3.27. The third kappa shape index (κ3) is 3.94. The largest absolute Gasteiger partial charge is 0.385 e. The molecule has 0 radical (unpaired) electrons. The molecule has 2 fully saturated rings. The van der Waals surface area contributed by atoms with Crippen LogP contribution in [0.4, 0.5) is 0 Å². The molecule has 0 aromatic carbocycles. The SMILES string of the molecule is COCCCNC1CCOC2(CCCCC2)C1. The van der Waals surface area contributed by atoms with Crippen molar-refractivity contribution in [3.8, 4) is 0 Å². The second-order valence-corrected chi connectivity index (χ2v) is 5.58. The lowest BCUT2D eigenvalue weighted by Gasteiger charge is -2.43. The molecule has 2 aliphatic rings. The molecule has 1 aliphatic heterocycles. The van der Waals surface area contributed by atoms with Crippen LogP contribution < -0.4 is 5.32 Å². The van der Waals surface area contributed by atoms with E-state index in [-0.39, 0.29) is 5.60 Å². The number of nitrogens with one attached hydrogen (secondary N) is 1. The molecule has 3 nitrogen and oxygen atoms in total. The van der Waals surface area contributed by atoms with E-state index in [2.05, 4.69) is 5.32 Å². The Bertz CT molecular complexity index is 209. The van der Waals surface area contributed by atoms with E-state index >= 15 is 0 Å². The van der Waals surface area contributed by atoms with Gasteiger partial charge in [-0.25, -0.2) is 0 Å². The van der Waals surface area contributed by atoms with Gasteiger partial charge in [0, 0.05) is 26.4 Å². The van der Waals surface area contributed by atoms with Gasteiger partial charge in [0.25, 0.3) is 0 Å². The Labute approximate surface area is 105 Å². The van der Waals surface area contributed by atoms with Crippen LogP contribution in [0.1, 0.15) is 51.4 Å². The van der Waals surface area contributed by atoms with Crippen molar-refractivity contribution in [2.24, 2.45) is 0 Å². The van der Waals surface area contributed by atoms with Gasteiger partial charge in [0.05, 0.1) is 5.60 Å². The minimum atomic E-state index is 0.232. The Morgan fingerprint density at radius 3 is 2.88 bits per heavy atom. The predicted molar refractivity (Wildman–Crippen MR) is 69.3 cm³/mol. The first-order valence-corrected chi connectivity index (χ1v) is 7.21. The molecule has 1 heterocycles. The Hall–Kier alpha value is -0.120. The highest BCUT2D eigenvalue weighted by Gasteiger charge is 2.38.